The third-order valence-corrected chi connectivity index (χ3v) is 4.49. The van der Waals surface area contributed by atoms with Crippen molar-refractivity contribution in [2.75, 3.05) is 20.6 Å². The van der Waals surface area contributed by atoms with Gasteiger partial charge in [0.05, 0.1) is 0 Å². The van der Waals surface area contributed by atoms with Crippen LogP contribution in [0.5, 0.6) is 0 Å². The van der Waals surface area contributed by atoms with E-state index in [-0.39, 0.29) is 11.4 Å². The molecule has 0 saturated carbocycles. The van der Waals surface area contributed by atoms with Gasteiger partial charge in [-0.05, 0) is 39.9 Å². The molecule has 0 aliphatic heterocycles. The van der Waals surface area contributed by atoms with Crippen LogP contribution in [0.25, 0.3) is 0 Å². The van der Waals surface area contributed by atoms with Crippen LogP contribution in [0.4, 0.5) is 0 Å². The number of hydrogen-bond donors (Lipinski definition) is 2. The Morgan fingerprint density at radius 2 is 1.85 bits per heavy atom. The number of nitrogens with zero attached hydrogens (tertiary/aromatic N) is 1. The Balaban J connectivity index is 3.18. The summed E-state index contributed by atoms with van der Waals surface area (Å²) in [5.74, 6) is -0.357. The minimum Gasteiger partial charge on any atom is -0.368 e. The average molecular weight is 277 g/mol. The van der Waals surface area contributed by atoms with E-state index >= 15 is 0 Å². The Labute approximate surface area is 122 Å². The zero-order valence-corrected chi connectivity index (χ0v) is 13.2. The van der Waals surface area contributed by atoms with Gasteiger partial charge in [0, 0.05) is 12.1 Å². The van der Waals surface area contributed by atoms with Crippen LogP contribution in [0, 0.1) is 0 Å². The average Bonchev–Trinajstić information content (AvgIpc) is 2.45. The van der Waals surface area contributed by atoms with E-state index in [9.17, 15) is 4.79 Å². The number of rotatable bonds is 7. The molecule has 1 amide bonds. The third kappa shape index (κ3) is 3.19. The normalized spacial score (nSPS) is 15.1. The number of carbonyl (C=O) groups excluding carboxylic acids is 1. The van der Waals surface area contributed by atoms with Crippen LogP contribution in [0.15, 0.2) is 30.3 Å². The van der Waals surface area contributed by atoms with Gasteiger partial charge in [0.2, 0.25) is 5.91 Å². The molecule has 4 nitrogen and oxygen atoms in total. The molecule has 1 unspecified atom stereocenters. The molecular weight excluding hydrogens is 250 g/mol. The first kappa shape index (κ1) is 16.7. The van der Waals surface area contributed by atoms with Crippen molar-refractivity contribution in [3.63, 3.8) is 0 Å². The molecule has 4 heteroatoms. The number of carbonyl (C=O) groups is 1. The molecule has 112 valence electrons. The maximum Gasteiger partial charge on any atom is 0.243 e. The number of benzene rings is 1. The van der Waals surface area contributed by atoms with Gasteiger partial charge in [-0.2, -0.15) is 0 Å². The number of likely N-dealkylation sites (N-methyl/N-ethyl adjacent to an activating group) is 2. The summed E-state index contributed by atoms with van der Waals surface area (Å²) in [5, 5.41) is 3.14. The summed E-state index contributed by atoms with van der Waals surface area (Å²) >= 11 is 0. The number of amides is 1. The second-order valence-electron chi connectivity index (χ2n) is 5.91. The van der Waals surface area contributed by atoms with E-state index in [1.807, 2.05) is 37.4 Å². The van der Waals surface area contributed by atoms with Gasteiger partial charge < -0.3 is 11.1 Å². The van der Waals surface area contributed by atoms with Crippen LogP contribution in [0.3, 0.4) is 0 Å². The minimum absolute atomic E-state index is 0.00628. The lowest BCUT2D eigenvalue weighted by Crippen LogP contribution is -2.60. The summed E-state index contributed by atoms with van der Waals surface area (Å²) in [6.45, 7) is 7.01. The van der Waals surface area contributed by atoms with Gasteiger partial charge in [0.15, 0.2) is 0 Å². The fourth-order valence-corrected chi connectivity index (χ4v) is 2.22. The Morgan fingerprint density at radius 1 is 1.30 bits per heavy atom. The second kappa shape index (κ2) is 6.37. The Hall–Kier alpha value is -1.39. The third-order valence-electron chi connectivity index (χ3n) is 4.49. The van der Waals surface area contributed by atoms with E-state index in [0.29, 0.717) is 6.54 Å². The summed E-state index contributed by atoms with van der Waals surface area (Å²) in [7, 11) is 3.81. The summed E-state index contributed by atoms with van der Waals surface area (Å²) in [6.07, 6.45) is 0.997. The van der Waals surface area contributed by atoms with Crippen molar-refractivity contribution < 1.29 is 4.79 Å². The van der Waals surface area contributed by atoms with Crippen LogP contribution in [-0.2, 0) is 10.3 Å². The molecule has 0 radical (unpaired) electrons. The van der Waals surface area contributed by atoms with Crippen LogP contribution in [-0.4, -0.2) is 37.0 Å². The van der Waals surface area contributed by atoms with E-state index in [1.54, 1.807) is 7.05 Å². The summed E-state index contributed by atoms with van der Waals surface area (Å²) < 4.78 is 0. The van der Waals surface area contributed by atoms with Gasteiger partial charge in [-0.25, -0.2) is 0 Å². The highest BCUT2D eigenvalue weighted by Gasteiger charge is 2.40. The molecule has 1 rings (SSSR count). The minimum atomic E-state index is -0.873. The molecule has 0 bridgehead atoms. The summed E-state index contributed by atoms with van der Waals surface area (Å²) in [6, 6.07) is 9.66. The van der Waals surface area contributed by atoms with Crippen molar-refractivity contribution in [1.82, 2.24) is 10.2 Å². The van der Waals surface area contributed by atoms with Crippen molar-refractivity contribution >= 4 is 5.91 Å². The number of primary amides is 1. The predicted molar refractivity (Wildman–Crippen MR) is 83.4 cm³/mol. The SMILES string of the molecule is CCC(C)(C)N(C)CC(NC)(C(N)=O)c1ccccc1. The zero-order chi connectivity index (χ0) is 15.4. The van der Waals surface area contributed by atoms with Gasteiger partial charge in [0.1, 0.15) is 5.54 Å². The van der Waals surface area contributed by atoms with Crippen molar-refractivity contribution in [3.8, 4) is 0 Å². The molecule has 1 aromatic rings. The highest BCUT2D eigenvalue weighted by molar-refractivity contribution is 5.86. The Kier molecular flexibility index (Phi) is 5.31. The maximum absolute atomic E-state index is 12.1. The first-order valence-electron chi connectivity index (χ1n) is 7.05. The molecule has 20 heavy (non-hydrogen) atoms. The van der Waals surface area contributed by atoms with Crippen LogP contribution < -0.4 is 11.1 Å². The number of hydrogen-bond acceptors (Lipinski definition) is 3. The first-order chi connectivity index (χ1) is 9.30. The molecule has 0 aliphatic carbocycles. The molecular formula is C16H27N3O. The lowest BCUT2D eigenvalue weighted by atomic mass is 9.86. The molecule has 0 heterocycles. The Bertz CT molecular complexity index is 444. The van der Waals surface area contributed by atoms with Crippen molar-refractivity contribution in [2.24, 2.45) is 5.73 Å². The molecule has 1 atom stereocenters. The van der Waals surface area contributed by atoms with Gasteiger partial charge >= 0.3 is 0 Å². The van der Waals surface area contributed by atoms with E-state index < -0.39 is 5.54 Å². The highest BCUT2D eigenvalue weighted by Crippen LogP contribution is 2.26. The molecule has 0 aromatic heterocycles. The lowest BCUT2D eigenvalue weighted by Gasteiger charge is -2.42. The quantitative estimate of drug-likeness (QED) is 0.797. The largest absolute Gasteiger partial charge is 0.368 e. The zero-order valence-electron chi connectivity index (χ0n) is 13.2. The van der Waals surface area contributed by atoms with Crippen molar-refractivity contribution in [1.29, 1.82) is 0 Å². The highest BCUT2D eigenvalue weighted by atomic mass is 16.1. The van der Waals surface area contributed by atoms with Gasteiger partial charge in [-0.1, -0.05) is 37.3 Å². The van der Waals surface area contributed by atoms with Crippen molar-refractivity contribution in [2.45, 2.75) is 38.3 Å². The predicted octanol–water partition coefficient (Wildman–Crippen LogP) is 1.71. The summed E-state index contributed by atoms with van der Waals surface area (Å²) in [5.41, 5.74) is 5.75. The molecule has 0 fully saturated rings. The van der Waals surface area contributed by atoms with Gasteiger partial charge in [-0.15, -0.1) is 0 Å². The fraction of sp³-hybridized carbons (Fsp3) is 0.562. The Morgan fingerprint density at radius 3 is 2.25 bits per heavy atom. The first-order valence-corrected chi connectivity index (χ1v) is 7.05. The molecule has 0 spiro atoms. The van der Waals surface area contributed by atoms with Crippen LogP contribution in [0.1, 0.15) is 32.8 Å². The molecule has 1 aromatic carbocycles. The van der Waals surface area contributed by atoms with E-state index in [2.05, 4.69) is 31.0 Å². The topological polar surface area (TPSA) is 58.4 Å². The van der Waals surface area contributed by atoms with Gasteiger partial charge in [-0.3, -0.25) is 9.69 Å². The maximum atomic E-state index is 12.1. The second-order valence-corrected chi connectivity index (χ2v) is 5.91. The fourth-order valence-electron chi connectivity index (χ4n) is 2.22. The van der Waals surface area contributed by atoms with Crippen molar-refractivity contribution in [3.05, 3.63) is 35.9 Å². The summed E-state index contributed by atoms with van der Waals surface area (Å²) in [4.78, 5) is 14.3. The van der Waals surface area contributed by atoms with Crippen LogP contribution >= 0.6 is 0 Å². The van der Waals surface area contributed by atoms with E-state index in [0.717, 1.165) is 12.0 Å². The van der Waals surface area contributed by atoms with Crippen LogP contribution in [0.2, 0.25) is 0 Å². The lowest BCUT2D eigenvalue weighted by molar-refractivity contribution is -0.126. The molecule has 0 aliphatic rings. The smallest absolute Gasteiger partial charge is 0.243 e. The van der Waals surface area contributed by atoms with E-state index in [4.69, 9.17) is 5.73 Å². The van der Waals surface area contributed by atoms with Gasteiger partial charge in [0.25, 0.3) is 0 Å². The van der Waals surface area contributed by atoms with E-state index in [1.165, 1.54) is 0 Å². The number of nitrogens with one attached hydrogen (secondary N) is 1. The molecule has 0 saturated heterocycles. The molecule has 3 N–H and O–H groups in total. The monoisotopic (exact) mass is 277 g/mol. The number of nitrogens with two attached hydrogens (primary N) is 1. The standard InChI is InChI=1S/C16H27N3O/c1-6-15(2,3)19(5)12-16(18-4,14(17)20)13-10-8-7-9-11-13/h7-11,18H,6,12H2,1-5H3,(H2,17,20).